The molecule has 0 unspecified atom stereocenters. The number of rotatable bonds is 6. The fourth-order valence-electron chi connectivity index (χ4n) is 0.596. The highest BCUT2D eigenvalue weighted by atomic mass is 35.5. The Balaban J connectivity index is 3.23. The van der Waals surface area contributed by atoms with Crippen molar-refractivity contribution in [3.05, 3.63) is 0 Å². The molecule has 0 fully saturated rings. The summed E-state index contributed by atoms with van der Waals surface area (Å²) in [5.74, 6) is 0.687. The molecule has 0 saturated heterocycles. The molecule has 0 aliphatic carbocycles. The second-order valence-corrected chi connectivity index (χ2v) is 3.07. The van der Waals surface area contributed by atoms with Crippen LogP contribution in [0.25, 0.3) is 0 Å². The molecular weight excluding hydrogens is 164 g/mol. The number of alkyl halides is 1. The topological polar surface area (TPSA) is 26.3 Å². The zero-order valence-corrected chi connectivity index (χ0v) is 7.86. The summed E-state index contributed by atoms with van der Waals surface area (Å²) in [7, 11) is 0. The van der Waals surface area contributed by atoms with Crippen LogP contribution in [0, 0.1) is 0 Å². The van der Waals surface area contributed by atoms with E-state index in [1.807, 2.05) is 13.8 Å². The Morgan fingerprint density at radius 3 is 2.64 bits per heavy atom. The van der Waals surface area contributed by atoms with E-state index in [1.165, 1.54) is 0 Å². The largest absolute Gasteiger partial charge is 0.371 e. The molecule has 0 N–H and O–H groups in total. The summed E-state index contributed by atoms with van der Waals surface area (Å²) in [6, 6.07) is 0. The lowest BCUT2D eigenvalue weighted by Crippen LogP contribution is -2.12. The lowest BCUT2D eigenvalue weighted by molar-refractivity contribution is -0.124. The first kappa shape index (κ1) is 10.9. The second-order valence-electron chi connectivity index (χ2n) is 2.69. The minimum absolute atomic E-state index is 0.134. The number of carbonyl (C=O) groups excluding carboxylic acids is 1. The number of Topliss-reactive ketones (excluding diaryl/α,β-unsaturated/α-hetero) is 1. The van der Waals surface area contributed by atoms with Gasteiger partial charge in [0.15, 0.2) is 5.78 Å². The number of ketones is 1. The van der Waals surface area contributed by atoms with Crippen LogP contribution in [0.1, 0.15) is 26.7 Å². The maximum absolute atomic E-state index is 10.9. The van der Waals surface area contributed by atoms with Crippen molar-refractivity contribution in [2.45, 2.75) is 32.8 Å². The molecule has 2 nitrogen and oxygen atoms in total. The van der Waals surface area contributed by atoms with Crippen molar-refractivity contribution in [2.24, 2.45) is 0 Å². The number of hydrogen-bond acceptors (Lipinski definition) is 2. The third-order valence-electron chi connectivity index (χ3n) is 1.17. The van der Waals surface area contributed by atoms with Crippen LogP contribution in [0.5, 0.6) is 0 Å². The molecule has 0 amide bonds. The Morgan fingerprint density at radius 1 is 1.55 bits per heavy atom. The first-order chi connectivity index (χ1) is 5.16. The van der Waals surface area contributed by atoms with Crippen molar-refractivity contribution in [3.63, 3.8) is 0 Å². The summed E-state index contributed by atoms with van der Waals surface area (Å²) in [6.07, 6.45) is 1.42. The lowest BCUT2D eigenvalue weighted by Gasteiger charge is -2.05. The fourth-order valence-corrected chi connectivity index (χ4v) is 0.729. The van der Waals surface area contributed by atoms with Gasteiger partial charge in [-0.25, -0.2) is 0 Å². The normalized spacial score (nSPS) is 10.5. The molecule has 0 saturated carbocycles. The number of ether oxygens (including phenoxy) is 1. The van der Waals surface area contributed by atoms with Crippen LogP contribution in [0.4, 0.5) is 0 Å². The SMILES string of the molecule is CC(C)OCC(=O)CCCCl. The van der Waals surface area contributed by atoms with E-state index in [-0.39, 0.29) is 18.5 Å². The quantitative estimate of drug-likeness (QED) is 0.582. The van der Waals surface area contributed by atoms with Crippen LogP contribution >= 0.6 is 11.6 Å². The highest BCUT2D eigenvalue weighted by molar-refractivity contribution is 6.17. The van der Waals surface area contributed by atoms with Gasteiger partial charge in [0.2, 0.25) is 0 Å². The molecule has 0 aromatic carbocycles. The second kappa shape index (κ2) is 6.62. The van der Waals surface area contributed by atoms with E-state index in [0.29, 0.717) is 12.3 Å². The third-order valence-corrected chi connectivity index (χ3v) is 1.43. The van der Waals surface area contributed by atoms with Crippen molar-refractivity contribution in [3.8, 4) is 0 Å². The summed E-state index contributed by atoms with van der Waals surface area (Å²) in [5.41, 5.74) is 0. The molecular formula is C8H15ClO2. The van der Waals surface area contributed by atoms with Gasteiger partial charge in [0, 0.05) is 12.3 Å². The minimum Gasteiger partial charge on any atom is -0.371 e. The van der Waals surface area contributed by atoms with Gasteiger partial charge >= 0.3 is 0 Å². The van der Waals surface area contributed by atoms with Gasteiger partial charge in [0.25, 0.3) is 0 Å². The van der Waals surface area contributed by atoms with Gasteiger partial charge in [0.1, 0.15) is 6.61 Å². The Bertz CT molecular complexity index is 113. The summed E-state index contributed by atoms with van der Waals surface area (Å²) < 4.78 is 5.11. The van der Waals surface area contributed by atoms with Crippen molar-refractivity contribution in [1.82, 2.24) is 0 Å². The third kappa shape index (κ3) is 7.82. The number of carbonyl (C=O) groups is 1. The van der Waals surface area contributed by atoms with Crippen LogP contribution < -0.4 is 0 Å². The average Bonchev–Trinajstić information content (AvgIpc) is 1.97. The highest BCUT2D eigenvalue weighted by Crippen LogP contribution is 1.95. The first-order valence-corrected chi connectivity index (χ1v) is 4.39. The zero-order chi connectivity index (χ0) is 8.69. The van der Waals surface area contributed by atoms with Gasteiger partial charge in [-0.15, -0.1) is 11.6 Å². The molecule has 0 rings (SSSR count). The van der Waals surface area contributed by atoms with E-state index in [4.69, 9.17) is 16.3 Å². The van der Waals surface area contributed by atoms with Gasteiger partial charge < -0.3 is 4.74 Å². The molecule has 0 spiro atoms. The van der Waals surface area contributed by atoms with Crippen molar-refractivity contribution < 1.29 is 9.53 Å². The van der Waals surface area contributed by atoms with Gasteiger partial charge in [0.05, 0.1) is 6.10 Å². The Hall–Kier alpha value is -0.0800. The molecule has 11 heavy (non-hydrogen) atoms. The molecule has 3 heteroatoms. The zero-order valence-electron chi connectivity index (χ0n) is 7.10. The van der Waals surface area contributed by atoms with Crippen molar-refractivity contribution >= 4 is 17.4 Å². The Kier molecular flexibility index (Phi) is 6.57. The van der Waals surface area contributed by atoms with Crippen molar-refractivity contribution in [1.29, 1.82) is 0 Å². The lowest BCUT2D eigenvalue weighted by atomic mass is 10.2. The van der Waals surface area contributed by atoms with Crippen molar-refractivity contribution in [2.75, 3.05) is 12.5 Å². The smallest absolute Gasteiger partial charge is 0.158 e. The van der Waals surface area contributed by atoms with E-state index in [1.54, 1.807) is 0 Å². The fraction of sp³-hybridized carbons (Fsp3) is 0.875. The molecule has 0 atom stereocenters. The molecule has 0 bridgehead atoms. The maximum Gasteiger partial charge on any atom is 0.158 e. The summed E-state index contributed by atoms with van der Waals surface area (Å²) >= 11 is 5.42. The van der Waals surface area contributed by atoms with E-state index in [9.17, 15) is 4.79 Å². The van der Waals surface area contributed by atoms with Crippen LogP contribution in [-0.2, 0) is 9.53 Å². The monoisotopic (exact) mass is 178 g/mol. The van der Waals surface area contributed by atoms with E-state index >= 15 is 0 Å². The molecule has 0 aromatic rings. The number of hydrogen-bond donors (Lipinski definition) is 0. The average molecular weight is 179 g/mol. The van der Waals surface area contributed by atoms with E-state index in [2.05, 4.69) is 0 Å². The van der Waals surface area contributed by atoms with Crippen LogP contribution in [-0.4, -0.2) is 24.4 Å². The molecule has 0 radical (unpaired) electrons. The van der Waals surface area contributed by atoms with Gasteiger partial charge in [-0.3, -0.25) is 4.79 Å². The molecule has 0 heterocycles. The summed E-state index contributed by atoms with van der Waals surface area (Å²) in [5, 5.41) is 0. The van der Waals surface area contributed by atoms with Gasteiger partial charge in [-0.05, 0) is 20.3 Å². The van der Waals surface area contributed by atoms with Crippen LogP contribution in [0.15, 0.2) is 0 Å². The Labute approximate surface area is 72.9 Å². The standard InChI is InChI=1S/C8H15ClO2/c1-7(2)11-6-8(10)4-3-5-9/h7H,3-6H2,1-2H3. The van der Waals surface area contributed by atoms with Gasteiger partial charge in [-0.2, -0.15) is 0 Å². The maximum atomic E-state index is 10.9. The number of halogens is 1. The first-order valence-electron chi connectivity index (χ1n) is 3.86. The summed E-state index contributed by atoms with van der Waals surface area (Å²) in [4.78, 5) is 10.9. The van der Waals surface area contributed by atoms with Crippen LogP contribution in [0.2, 0.25) is 0 Å². The predicted molar refractivity (Wildman–Crippen MR) is 46.0 cm³/mol. The van der Waals surface area contributed by atoms with E-state index in [0.717, 1.165) is 6.42 Å². The molecule has 66 valence electrons. The minimum atomic E-state index is 0.134. The van der Waals surface area contributed by atoms with Gasteiger partial charge in [-0.1, -0.05) is 0 Å². The van der Waals surface area contributed by atoms with E-state index < -0.39 is 0 Å². The predicted octanol–water partition coefficient (Wildman–Crippen LogP) is 2.00. The molecule has 0 aliphatic heterocycles. The van der Waals surface area contributed by atoms with Crippen LogP contribution in [0.3, 0.4) is 0 Å². The molecule has 0 aliphatic rings. The molecule has 0 aromatic heterocycles. The Morgan fingerprint density at radius 2 is 2.18 bits per heavy atom. The summed E-state index contributed by atoms with van der Waals surface area (Å²) in [6.45, 7) is 4.05. The highest BCUT2D eigenvalue weighted by Gasteiger charge is 2.02.